The van der Waals surface area contributed by atoms with Crippen molar-refractivity contribution in [3.63, 3.8) is 0 Å². The van der Waals surface area contributed by atoms with Gasteiger partial charge in [0.1, 0.15) is 0 Å². The summed E-state index contributed by atoms with van der Waals surface area (Å²) in [6, 6.07) is 16.5. The molecule has 0 bridgehead atoms. The first-order valence-electron chi connectivity index (χ1n) is 5.06. The van der Waals surface area contributed by atoms with Crippen LogP contribution in [0, 0.1) is 12.2 Å². The fraction of sp³-hybridized carbons (Fsp3) is 0. The van der Waals surface area contributed by atoms with E-state index in [1.807, 2.05) is 24.3 Å². The maximum Gasteiger partial charge on any atom is 0.158 e. The normalized spacial score (nSPS) is 17.1. The van der Waals surface area contributed by atoms with Crippen LogP contribution in [0.4, 0.5) is 0 Å². The third kappa shape index (κ3) is 1.01. The van der Waals surface area contributed by atoms with Crippen molar-refractivity contribution in [2.75, 3.05) is 0 Å². The van der Waals surface area contributed by atoms with Gasteiger partial charge in [0.2, 0.25) is 0 Å². The van der Waals surface area contributed by atoms with Crippen LogP contribution in [0.1, 0.15) is 22.3 Å². The van der Waals surface area contributed by atoms with Crippen LogP contribution in [0.5, 0.6) is 0 Å². The monoisotopic (exact) mass is 192 g/mol. The Balaban J connectivity index is 1.54. The third-order valence-corrected chi connectivity index (χ3v) is 2.91. The number of ether oxygens (including phenoxy) is 1. The van der Waals surface area contributed by atoms with Crippen molar-refractivity contribution in [2.24, 2.45) is 0 Å². The Hall–Kier alpha value is -1.60. The van der Waals surface area contributed by atoms with Gasteiger partial charge in [-0.05, 0) is 22.3 Å². The van der Waals surface area contributed by atoms with Crippen LogP contribution in [-0.4, -0.2) is 0 Å². The van der Waals surface area contributed by atoms with Crippen LogP contribution in [-0.2, 0) is 4.74 Å². The molecule has 4 rings (SSSR count). The lowest BCUT2D eigenvalue weighted by atomic mass is 10.4. The van der Waals surface area contributed by atoms with E-state index >= 15 is 0 Å². The Labute approximate surface area is 88.3 Å². The maximum absolute atomic E-state index is 5.85. The Morgan fingerprint density at radius 3 is 1.20 bits per heavy atom. The smallest absolute Gasteiger partial charge is 0.158 e. The lowest BCUT2D eigenvalue weighted by Gasteiger charge is -1.94. The highest BCUT2D eigenvalue weighted by Gasteiger charge is 2.43. The standard InChI is InChI=1S/C14H8O/c1-2-6-10-9(5-1)13(10)15-14-11-7-3-4-8-12(11)14/h1-8H. The van der Waals surface area contributed by atoms with Crippen molar-refractivity contribution in [1.29, 1.82) is 0 Å². The van der Waals surface area contributed by atoms with Gasteiger partial charge in [0.25, 0.3) is 0 Å². The zero-order valence-electron chi connectivity index (χ0n) is 8.03. The molecule has 0 aliphatic heterocycles. The van der Waals surface area contributed by atoms with Crippen LogP contribution in [0.2, 0.25) is 0 Å². The van der Waals surface area contributed by atoms with E-state index in [1.165, 1.54) is 22.3 Å². The lowest BCUT2D eigenvalue weighted by molar-refractivity contribution is 0.270. The van der Waals surface area contributed by atoms with Gasteiger partial charge in [-0.2, -0.15) is 0 Å². The molecule has 2 aliphatic carbocycles. The van der Waals surface area contributed by atoms with Crippen molar-refractivity contribution in [1.82, 2.24) is 0 Å². The highest BCUT2D eigenvalue weighted by Crippen LogP contribution is 2.52. The molecule has 0 saturated carbocycles. The van der Waals surface area contributed by atoms with E-state index in [0.29, 0.717) is 0 Å². The molecule has 1 heteroatoms. The molecule has 1 nitrogen and oxygen atoms in total. The zero-order chi connectivity index (χ0) is 9.83. The highest BCUT2D eigenvalue weighted by atomic mass is 16.5. The Morgan fingerprint density at radius 1 is 0.533 bits per heavy atom. The van der Waals surface area contributed by atoms with E-state index < -0.39 is 0 Å². The number of rotatable bonds is 2. The maximum atomic E-state index is 5.85. The minimum atomic E-state index is 1.05. The van der Waals surface area contributed by atoms with E-state index in [0.717, 1.165) is 12.2 Å². The summed E-state index contributed by atoms with van der Waals surface area (Å²) in [6.45, 7) is 0. The molecule has 2 aromatic carbocycles. The molecule has 0 spiro atoms. The average molecular weight is 192 g/mol. The summed E-state index contributed by atoms with van der Waals surface area (Å²) < 4.78 is 5.85. The number of hydrogen-bond donors (Lipinski definition) is 0. The van der Waals surface area contributed by atoms with Crippen molar-refractivity contribution in [2.45, 2.75) is 0 Å². The first-order chi connectivity index (χ1) is 7.45. The Bertz CT molecular complexity index is 449. The fourth-order valence-electron chi connectivity index (χ4n) is 1.99. The zero-order valence-corrected chi connectivity index (χ0v) is 8.03. The van der Waals surface area contributed by atoms with Gasteiger partial charge in [-0.25, -0.2) is 0 Å². The van der Waals surface area contributed by atoms with E-state index in [9.17, 15) is 0 Å². The predicted molar refractivity (Wildman–Crippen MR) is 56.9 cm³/mol. The summed E-state index contributed by atoms with van der Waals surface area (Å²) in [5, 5.41) is 0. The summed E-state index contributed by atoms with van der Waals surface area (Å²) in [5.41, 5.74) is 5.01. The lowest BCUT2D eigenvalue weighted by Crippen LogP contribution is -1.86. The molecule has 2 aliphatic rings. The van der Waals surface area contributed by atoms with E-state index in [4.69, 9.17) is 4.74 Å². The van der Waals surface area contributed by atoms with Crippen molar-refractivity contribution in [3.8, 4) is 0 Å². The number of fused-ring (bicyclic) bond motifs is 2. The minimum absolute atomic E-state index is 1.05. The second kappa shape index (κ2) is 2.50. The largest absolute Gasteiger partial charge is 0.342 e. The van der Waals surface area contributed by atoms with Gasteiger partial charge < -0.3 is 4.74 Å². The molecule has 0 unspecified atom stereocenters. The van der Waals surface area contributed by atoms with Gasteiger partial charge in [-0.15, -0.1) is 0 Å². The van der Waals surface area contributed by atoms with Crippen LogP contribution in [0.15, 0.2) is 48.5 Å². The molecule has 0 amide bonds. The van der Waals surface area contributed by atoms with Gasteiger partial charge in [-0.3, -0.25) is 0 Å². The van der Waals surface area contributed by atoms with Gasteiger partial charge in [-0.1, -0.05) is 48.5 Å². The number of benzene rings is 2. The SMILES string of the molecule is c1ccc2c(c1)[C]2O[C]1c2ccccc21. The molecule has 0 heterocycles. The van der Waals surface area contributed by atoms with Crippen LogP contribution in [0.3, 0.4) is 0 Å². The molecule has 2 aromatic rings. The molecule has 0 N–H and O–H groups in total. The Kier molecular flexibility index (Phi) is 1.28. The molecule has 0 atom stereocenters. The summed E-state index contributed by atoms with van der Waals surface area (Å²) >= 11 is 0. The summed E-state index contributed by atoms with van der Waals surface area (Å²) in [4.78, 5) is 0. The third-order valence-electron chi connectivity index (χ3n) is 2.91. The molecular weight excluding hydrogens is 184 g/mol. The van der Waals surface area contributed by atoms with E-state index in [-0.39, 0.29) is 0 Å². The van der Waals surface area contributed by atoms with Crippen molar-refractivity contribution >= 4 is 0 Å². The quantitative estimate of drug-likeness (QED) is 0.710. The van der Waals surface area contributed by atoms with Gasteiger partial charge in [0, 0.05) is 0 Å². The van der Waals surface area contributed by atoms with Crippen LogP contribution >= 0.6 is 0 Å². The van der Waals surface area contributed by atoms with Crippen molar-refractivity contribution in [3.05, 3.63) is 83.0 Å². The van der Waals surface area contributed by atoms with Gasteiger partial charge in [0.15, 0.2) is 12.2 Å². The average Bonchev–Trinajstić information content (AvgIpc) is 3.18. The first-order valence-corrected chi connectivity index (χ1v) is 5.06. The summed E-state index contributed by atoms with van der Waals surface area (Å²) in [5.74, 6) is 0. The topological polar surface area (TPSA) is 9.23 Å². The molecular formula is C14H8O. The second-order valence-electron chi connectivity index (χ2n) is 3.85. The summed E-state index contributed by atoms with van der Waals surface area (Å²) in [6.07, 6.45) is 2.09. The van der Waals surface area contributed by atoms with E-state index in [1.54, 1.807) is 0 Å². The van der Waals surface area contributed by atoms with Crippen molar-refractivity contribution < 1.29 is 4.74 Å². The van der Waals surface area contributed by atoms with Crippen LogP contribution < -0.4 is 0 Å². The van der Waals surface area contributed by atoms with Gasteiger partial charge >= 0.3 is 0 Å². The minimum Gasteiger partial charge on any atom is -0.342 e. The Morgan fingerprint density at radius 2 is 0.867 bits per heavy atom. The number of hydrogen-bond acceptors (Lipinski definition) is 1. The molecule has 0 fully saturated rings. The highest BCUT2D eigenvalue weighted by molar-refractivity contribution is 5.69. The van der Waals surface area contributed by atoms with Gasteiger partial charge in [0.05, 0.1) is 0 Å². The first kappa shape index (κ1) is 7.66. The van der Waals surface area contributed by atoms with E-state index in [2.05, 4.69) is 24.3 Å². The predicted octanol–water partition coefficient (Wildman–Crippen LogP) is 2.89. The molecule has 15 heavy (non-hydrogen) atoms. The summed E-state index contributed by atoms with van der Waals surface area (Å²) in [7, 11) is 0. The second-order valence-corrected chi connectivity index (χ2v) is 3.85. The fourth-order valence-corrected chi connectivity index (χ4v) is 1.99. The van der Waals surface area contributed by atoms with Crippen LogP contribution in [0.25, 0.3) is 0 Å². The molecule has 70 valence electrons. The molecule has 0 saturated heterocycles. The molecule has 0 aromatic heterocycles. The molecule has 2 radical (unpaired) electrons.